The van der Waals surface area contributed by atoms with Crippen LogP contribution in [0.3, 0.4) is 0 Å². The first-order valence-corrected chi connectivity index (χ1v) is 29.0. The number of unbranched alkanes of at least 4 members (excludes halogenated alkanes) is 4. The minimum absolute atomic E-state index is 0.266. The van der Waals surface area contributed by atoms with Crippen molar-refractivity contribution in [2.24, 2.45) is 11.8 Å². The lowest BCUT2D eigenvalue weighted by Crippen LogP contribution is -2.50. The molecular weight excluding hydrogens is 931 g/mol. The third-order valence-corrected chi connectivity index (χ3v) is 16.0. The van der Waals surface area contributed by atoms with Gasteiger partial charge in [0.2, 0.25) is 10.4 Å². The Morgan fingerprint density at radius 2 is 1.01 bits per heavy atom. The van der Waals surface area contributed by atoms with Crippen molar-refractivity contribution < 1.29 is 57.6 Å². The number of rotatable bonds is 26. The van der Waals surface area contributed by atoms with Gasteiger partial charge in [-0.15, -0.1) is 4.28 Å². The van der Waals surface area contributed by atoms with Crippen LogP contribution in [0.2, 0.25) is 0 Å². The zero-order valence-electron chi connectivity index (χ0n) is 41.7. The fraction of sp³-hybridized carbons (Fsp3) is 0.833. The van der Waals surface area contributed by atoms with Crippen LogP contribution in [0.4, 0.5) is 9.59 Å². The van der Waals surface area contributed by atoms with Crippen molar-refractivity contribution in [3.05, 3.63) is 35.0 Å². The van der Waals surface area contributed by atoms with Gasteiger partial charge in [-0.25, -0.2) is 18.0 Å². The predicted octanol–water partition coefficient (Wildman–Crippen LogP) is 9.61. The molecule has 4 amide bonds. The highest BCUT2D eigenvalue weighted by atomic mass is 32.3. The summed E-state index contributed by atoms with van der Waals surface area (Å²) in [5.41, 5.74) is 1.35. The second-order valence-electron chi connectivity index (χ2n) is 20.5. The van der Waals surface area contributed by atoms with E-state index in [0.717, 1.165) is 54.1 Å². The lowest BCUT2D eigenvalue weighted by Gasteiger charge is -2.39. The number of urea groups is 2. The molecule has 0 spiro atoms. The van der Waals surface area contributed by atoms with Crippen molar-refractivity contribution in [3.8, 4) is 0 Å². The Kier molecular flexibility index (Phi) is 20.6. The van der Waals surface area contributed by atoms with Crippen molar-refractivity contribution in [1.29, 1.82) is 0 Å². The molecule has 6 aliphatic rings. The van der Waals surface area contributed by atoms with Gasteiger partial charge in [0, 0.05) is 38.1 Å². The molecule has 4 bridgehead atoms. The number of nitrogens with zero attached hydrogens (tertiary/aromatic N) is 7. The Bertz CT molecular complexity index is 1960. The van der Waals surface area contributed by atoms with Crippen molar-refractivity contribution in [3.63, 3.8) is 0 Å². The first-order chi connectivity index (χ1) is 33.1. The third-order valence-electron chi connectivity index (χ3n) is 15.3. The topological polar surface area (TPSA) is 229 Å². The van der Waals surface area contributed by atoms with E-state index in [4.69, 9.17) is 13.6 Å². The molecule has 0 aromatic carbocycles. The Morgan fingerprint density at radius 1 is 0.623 bits per heavy atom. The average molecular weight is 1010 g/mol. The Hall–Kier alpha value is -3.34. The molecule has 4 saturated heterocycles. The van der Waals surface area contributed by atoms with Gasteiger partial charge in [-0.05, 0) is 76.0 Å². The normalized spacial score (nSPS) is 22.9. The van der Waals surface area contributed by atoms with E-state index in [2.05, 4.69) is 46.6 Å². The van der Waals surface area contributed by atoms with Crippen LogP contribution in [0.5, 0.6) is 0 Å². The molecule has 19 nitrogen and oxygen atoms in total. The molecule has 4 aliphatic heterocycles. The predicted molar refractivity (Wildman–Crippen MR) is 256 cm³/mol. The van der Waals surface area contributed by atoms with Crippen LogP contribution in [0.15, 0.2) is 21.2 Å². The zero-order chi connectivity index (χ0) is 49.6. The first kappa shape index (κ1) is 55.0. The number of hydrogen-bond donors (Lipinski definition) is 1. The minimum atomic E-state index is -4.98. The number of quaternary nitrogens is 1. The van der Waals surface area contributed by atoms with Crippen LogP contribution in [-0.4, -0.2) is 124 Å². The summed E-state index contributed by atoms with van der Waals surface area (Å²) in [5, 5.41) is 9.67. The Morgan fingerprint density at radius 3 is 1.35 bits per heavy atom. The summed E-state index contributed by atoms with van der Waals surface area (Å²) in [6.45, 7) is 15.7. The quantitative estimate of drug-likeness (QED) is 0.0526. The van der Waals surface area contributed by atoms with E-state index in [-0.39, 0.29) is 12.1 Å². The molecule has 6 fully saturated rings. The van der Waals surface area contributed by atoms with Crippen molar-refractivity contribution in [2.75, 3.05) is 39.3 Å². The lowest BCUT2D eigenvalue weighted by atomic mass is 9.82. The number of aryl methyl sites for hydroxylation is 2. The molecule has 69 heavy (non-hydrogen) atoms. The number of hydrogen-bond acceptors (Lipinski definition) is 13. The number of carbonyl (C=O) groups excluding carboxylic acids is 2. The van der Waals surface area contributed by atoms with Crippen molar-refractivity contribution >= 4 is 32.9 Å². The highest BCUT2D eigenvalue weighted by molar-refractivity contribution is 7.81. The van der Waals surface area contributed by atoms with Crippen LogP contribution in [0.1, 0.15) is 204 Å². The molecule has 21 heteroatoms. The van der Waals surface area contributed by atoms with Crippen molar-refractivity contribution in [1.82, 2.24) is 30.2 Å². The molecule has 2 aromatic heterocycles. The van der Waals surface area contributed by atoms with Crippen LogP contribution in [0.25, 0.3) is 0 Å². The second-order valence-corrected chi connectivity index (χ2v) is 22.4. The maximum absolute atomic E-state index is 12.4. The molecule has 2 saturated carbocycles. The average Bonchev–Trinajstić information content (AvgIpc) is 4.06. The molecule has 2 aromatic rings. The molecule has 1 N–H and O–H groups in total. The molecule has 2 aliphatic carbocycles. The summed E-state index contributed by atoms with van der Waals surface area (Å²) in [6.07, 6.45) is 27.7. The Balaban J connectivity index is 0.000000175. The van der Waals surface area contributed by atoms with Gasteiger partial charge in [0.25, 0.3) is 0 Å². The molecular formula is C48H81N7O12S2. The first-order valence-electron chi connectivity index (χ1n) is 26.3. The van der Waals surface area contributed by atoms with Gasteiger partial charge < -0.3 is 27.9 Å². The maximum atomic E-state index is 12.4. The molecule has 392 valence electrons. The van der Waals surface area contributed by atoms with Crippen LogP contribution in [-0.2, 0) is 42.2 Å². The van der Waals surface area contributed by atoms with Crippen LogP contribution >= 0.6 is 0 Å². The van der Waals surface area contributed by atoms with Gasteiger partial charge in [-0.1, -0.05) is 115 Å². The van der Waals surface area contributed by atoms with E-state index in [0.29, 0.717) is 55.2 Å². The molecule has 0 unspecified atom stereocenters. The van der Waals surface area contributed by atoms with Crippen LogP contribution in [0, 0.1) is 11.8 Å². The maximum Gasteiger partial charge on any atom is 0.418 e. The molecule has 6 heterocycles. The van der Waals surface area contributed by atoms with Gasteiger partial charge >= 0.3 is 22.5 Å². The number of fused-ring (bicyclic) bond motifs is 4. The molecule has 8 rings (SSSR count). The monoisotopic (exact) mass is 1010 g/mol. The minimum Gasteiger partial charge on any atom is -0.724 e. The number of piperidine rings is 2. The lowest BCUT2D eigenvalue weighted by molar-refractivity contribution is -0.929. The molecule has 0 radical (unpaired) electrons. The fourth-order valence-electron chi connectivity index (χ4n) is 10.8. The summed E-state index contributed by atoms with van der Waals surface area (Å²) < 4.78 is 84.3. The third kappa shape index (κ3) is 15.8. The standard InChI is InChI=1S/2C16H23N3O6S.C16H36N/c2*20-16-18-10-12(19(16)25-26(21,22)23)7-8-15(18)14-9-13(24-17-14)6-2-5-11-3-1-4-11;1-5-9-13-17(14-10-6-2,15-11-7-3)16-12-8-4/h2*9,11-12,15H,1-8,10H2,(H,21,22,23);5-16H2,1-4H3/q;;+1/p-1/t2*12-,15+;/m11./s1. The summed E-state index contributed by atoms with van der Waals surface area (Å²) in [4.78, 5) is 27.9. The second kappa shape index (κ2) is 25.9. The van der Waals surface area contributed by atoms with Gasteiger partial charge in [0.1, 0.15) is 22.9 Å². The molecule has 4 atom stereocenters. The summed E-state index contributed by atoms with van der Waals surface area (Å²) in [5.74, 6) is 3.35. The number of aromatic nitrogens is 2. The van der Waals surface area contributed by atoms with E-state index < -0.39 is 44.9 Å². The van der Waals surface area contributed by atoms with Crippen LogP contribution < -0.4 is 0 Å². The van der Waals surface area contributed by atoms with E-state index in [1.807, 2.05) is 12.1 Å². The van der Waals surface area contributed by atoms with E-state index >= 15 is 0 Å². The largest absolute Gasteiger partial charge is 0.724 e. The van der Waals surface area contributed by atoms with E-state index in [9.17, 15) is 31.0 Å². The zero-order valence-corrected chi connectivity index (χ0v) is 43.3. The number of hydroxylamine groups is 4. The summed E-state index contributed by atoms with van der Waals surface area (Å²) >= 11 is 0. The van der Waals surface area contributed by atoms with Crippen molar-refractivity contribution in [2.45, 2.75) is 206 Å². The van der Waals surface area contributed by atoms with E-state index in [1.54, 1.807) is 0 Å². The van der Waals surface area contributed by atoms with E-state index in [1.165, 1.54) is 143 Å². The van der Waals surface area contributed by atoms with Gasteiger partial charge in [-0.2, -0.15) is 22.8 Å². The highest BCUT2D eigenvalue weighted by Crippen LogP contribution is 2.40. The van der Waals surface area contributed by atoms with Gasteiger partial charge in [-0.3, -0.25) is 4.55 Å². The Labute approximate surface area is 411 Å². The van der Waals surface area contributed by atoms with Gasteiger partial charge in [0.15, 0.2) is 0 Å². The SMILES string of the molecule is CCCC[N+](CCCC)(CCCC)CCCC.O=C1N2C[C@@H](CC[C@H]2c2cc(CCCC3CCC3)on2)N1OS(=O)(=O)O.O=C1N2C[C@@H](CC[C@H]2c2cc(CCCC3CCC3)on2)N1OS(=O)(=O)[O-]. The number of carbonyl (C=O) groups is 2. The smallest absolute Gasteiger partial charge is 0.418 e. The van der Waals surface area contributed by atoms with Gasteiger partial charge in [0.05, 0.1) is 50.3 Å². The summed E-state index contributed by atoms with van der Waals surface area (Å²) in [7, 11) is -9.71. The summed E-state index contributed by atoms with van der Waals surface area (Å²) in [6, 6.07) is 1.20. The fourth-order valence-corrected chi connectivity index (χ4v) is 11.6. The highest BCUT2D eigenvalue weighted by Gasteiger charge is 2.49. The number of amides is 4.